The lowest BCUT2D eigenvalue weighted by Gasteiger charge is -2.31. The molecule has 0 atom stereocenters. The number of rotatable bonds is 3. The Kier molecular flexibility index (Phi) is 4.10. The molecule has 1 aliphatic rings. The van der Waals surface area contributed by atoms with Crippen molar-refractivity contribution in [1.82, 2.24) is 15.2 Å². The third kappa shape index (κ3) is 3.19. The van der Waals surface area contributed by atoms with Crippen molar-refractivity contribution in [3.05, 3.63) is 30.5 Å². The third-order valence-corrected chi connectivity index (χ3v) is 4.21. The number of hydrogen-bond donors (Lipinski definition) is 3. The Labute approximate surface area is 124 Å². The number of carbonyl (C=O) groups excluding carboxylic acids is 1. The third-order valence-electron chi connectivity index (χ3n) is 4.21. The van der Waals surface area contributed by atoms with Crippen LogP contribution in [0.4, 0.5) is 10.5 Å². The second-order valence-corrected chi connectivity index (χ2v) is 5.55. The van der Waals surface area contributed by atoms with Crippen molar-refractivity contribution in [2.24, 2.45) is 0 Å². The Morgan fingerprint density at radius 1 is 1.33 bits per heavy atom. The molecule has 112 valence electrons. The first-order chi connectivity index (χ1) is 10.3. The van der Waals surface area contributed by atoms with Crippen LogP contribution in [0, 0.1) is 0 Å². The quantitative estimate of drug-likeness (QED) is 0.812. The van der Waals surface area contributed by atoms with Crippen LogP contribution in [0.5, 0.6) is 0 Å². The van der Waals surface area contributed by atoms with Gasteiger partial charge in [-0.05, 0) is 37.6 Å². The van der Waals surface area contributed by atoms with Crippen molar-refractivity contribution in [3.63, 3.8) is 0 Å². The fourth-order valence-corrected chi connectivity index (χ4v) is 2.93. The number of H-pyrrole nitrogens is 1. The zero-order chi connectivity index (χ0) is 14.7. The topological polar surface area (TPSA) is 60.2 Å². The minimum absolute atomic E-state index is 0.112. The van der Waals surface area contributed by atoms with Crippen molar-refractivity contribution >= 4 is 22.6 Å². The molecule has 2 heterocycles. The van der Waals surface area contributed by atoms with E-state index in [9.17, 15) is 4.79 Å². The molecule has 0 bridgehead atoms. The van der Waals surface area contributed by atoms with E-state index in [-0.39, 0.29) is 12.1 Å². The number of likely N-dealkylation sites (tertiary alicyclic amines) is 1. The van der Waals surface area contributed by atoms with Gasteiger partial charge >= 0.3 is 6.03 Å². The lowest BCUT2D eigenvalue weighted by molar-refractivity contribution is 0.203. The molecule has 0 saturated carbocycles. The molecule has 1 aromatic heterocycles. The number of anilines is 1. The molecule has 0 unspecified atom stereocenters. The Morgan fingerprint density at radius 3 is 2.90 bits per heavy atom. The smallest absolute Gasteiger partial charge is 0.319 e. The van der Waals surface area contributed by atoms with E-state index in [4.69, 9.17) is 0 Å². The molecule has 1 saturated heterocycles. The standard InChI is InChI=1S/C16H22N4O/c1-2-20-10-7-12(8-11-20)18-16(21)19-15-5-3-4-14-13(15)6-9-17-14/h3-6,9,12,17H,2,7-8,10-11H2,1H3,(H2,18,19,21). The SMILES string of the molecule is CCN1CCC(NC(=O)Nc2cccc3[nH]ccc23)CC1. The zero-order valence-corrected chi connectivity index (χ0v) is 12.4. The predicted octanol–water partition coefficient (Wildman–Crippen LogP) is 2.77. The molecule has 1 aliphatic heterocycles. The Morgan fingerprint density at radius 2 is 2.14 bits per heavy atom. The van der Waals surface area contributed by atoms with E-state index in [0.717, 1.165) is 49.1 Å². The second-order valence-electron chi connectivity index (χ2n) is 5.55. The highest BCUT2D eigenvalue weighted by atomic mass is 16.2. The Hall–Kier alpha value is -2.01. The molecule has 2 aromatic rings. The highest BCUT2D eigenvalue weighted by Crippen LogP contribution is 2.22. The molecule has 1 aromatic carbocycles. The van der Waals surface area contributed by atoms with E-state index in [1.165, 1.54) is 0 Å². The lowest BCUT2D eigenvalue weighted by Crippen LogP contribution is -2.45. The van der Waals surface area contributed by atoms with Gasteiger partial charge in [-0.15, -0.1) is 0 Å². The van der Waals surface area contributed by atoms with Gasteiger partial charge in [-0.25, -0.2) is 4.79 Å². The molecule has 2 amide bonds. The van der Waals surface area contributed by atoms with E-state index < -0.39 is 0 Å². The summed E-state index contributed by atoms with van der Waals surface area (Å²) in [5.41, 5.74) is 1.88. The summed E-state index contributed by atoms with van der Waals surface area (Å²) in [6.07, 6.45) is 3.93. The molecular formula is C16H22N4O. The van der Waals surface area contributed by atoms with Crippen LogP contribution in [0.1, 0.15) is 19.8 Å². The van der Waals surface area contributed by atoms with Crippen LogP contribution in [0.2, 0.25) is 0 Å². The fourth-order valence-electron chi connectivity index (χ4n) is 2.93. The average molecular weight is 286 g/mol. The maximum Gasteiger partial charge on any atom is 0.319 e. The van der Waals surface area contributed by atoms with Crippen LogP contribution in [0.3, 0.4) is 0 Å². The molecular weight excluding hydrogens is 264 g/mol. The van der Waals surface area contributed by atoms with E-state index in [0.29, 0.717) is 0 Å². The van der Waals surface area contributed by atoms with Gasteiger partial charge in [0, 0.05) is 36.2 Å². The molecule has 0 aliphatic carbocycles. The van der Waals surface area contributed by atoms with Crippen molar-refractivity contribution in [3.8, 4) is 0 Å². The highest BCUT2D eigenvalue weighted by Gasteiger charge is 2.19. The summed E-state index contributed by atoms with van der Waals surface area (Å²) in [6, 6.07) is 8.00. The summed E-state index contributed by atoms with van der Waals surface area (Å²) in [5.74, 6) is 0. The number of urea groups is 1. The molecule has 5 heteroatoms. The van der Waals surface area contributed by atoms with Gasteiger partial charge < -0.3 is 20.5 Å². The molecule has 1 fully saturated rings. The summed E-state index contributed by atoms with van der Waals surface area (Å²) in [5, 5.41) is 7.08. The fraction of sp³-hybridized carbons (Fsp3) is 0.438. The van der Waals surface area contributed by atoms with Gasteiger partial charge in [0.15, 0.2) is 0 Å². The number of aromatic nitrogens is 1. The number of fused-ring (bicyclic) bond motifs is 1. The number of carbonyl (C=O) groups is 1. The van der Waals surface area contributed by atoms with Crippen LogP contribution in [-0.2, 0) is 0 Å². The van der Waals surface area contributed by atoms with Crippen LogP contribution >= 0.6 is 0 Å². The van der Waals surface area contributed by atoms with Gasteiger partial charge in [0.2, 0.25) is 0 Å². The van der Waals surface area contributed by atoms with Crippen molar-refractivity contribution < 1.29 is 4.79 Å². The highest BCUT2D eigenvalue weighted by molar-refractivity contribution is 6.00. The predicted molar refractivity (Wildman–Crippen MR) is 85.6 cm³/mol. The summed E-state index contributed by atoms with van der Waals surface area (Å²) in [7, 11) is 0. The monoisotopic (exact) mass is 286 g/mol. The minimum atomic E-state index is -0.112. The number of amides is 2. The Bertz CT molecular complexity index is 614. The van der Waals surface area contributed by atoms with E-state index >= 15 is 0 Å². The van der Waals surface area contributed by atoms with Gasteiger partial charge in [0.25, 0.3) is 0 Å². The number of piperidine rings is 1. The first-order valence-electron chi connectivity index (χ1n) is 7.62. The van der Waals surface area contributed by atoms with E-state index in [1.54, 1.807) is 0 Å². The number of nitrogens with one attached hydrogen (secondary N) is 3. The molecule has 5 nitrogen and oxygen atoms in total. The molecule has 3 N–H and O–H groups in total. The maximum atomic E-state index is 12.2. The molecule has 0 spiro atoms. The largest absolute Gasteiger partial charge is 0.361 e. The number of nitrogens with zero attached hydrogens (tertiary/aromatic N) is 1. The minimum Gasteiger partial charge on any atom is -0.361 e. The van der Waals surface area contributed by atoms with E-state index in [2.05, 4.69) is 27.4 Å². The molecule has 21 heavy (non-hydrogen) atoms. The van der Waals surface area contributed by atoms with Gasteiger partial charge in [0.05, 0.1) is 5.69 Å². The number of benzene rings is 1. The lowest BCUT2D eigenvalue weighted by atomic mass is 10.1. The van der Waals surface area contributed by atoms with Crippen LogP contribution in [0.25, 0.3) is 10.9 Å². The summed E-state index contributed by atoms with van der Waals surface area (Å²) >= 11 is 0. The number of aromatic amines is 1. The molecule has 3 rings (SSSR count). The first kappa shape index (κ1) is 13.9. The average Bonchev–Trinajstić information content (AvgIpc) is 2.97. The van der Waals surface area contributed by atoms with Crippen molar-refractivity contribution in [1.29, 1.82) is 0 Å². The zero-order valence-electron chi connectivity index (χ0n) is 12.4. The summed E-state index contributed by atoms with van der Waals surface area (Å²) in [4.78, 5) is 17.7. The number of hydrogen-bond acceptors (Lipinski definition) is 2. The Balaban J connectivity index is 1.58. The van der Waals surface area contributed by atoms with Crippen LogP contribution in [0.15, 0.2) is 30.5 Å². The van der Waals surface area contributed by atoms with Crippen LogP contribution < -0.4 is 10.6 Å². The second kappa shape index (κ2) is 6.18. The van der Waals surface area contributed by atoms with Crippen molar-refractivity contribution in [2.75, 3.05) is 25.0 Å². The van der Waals surface area contributed by atoms with Gasteiger partial charge in [-0.3, -0.25) is 0 Å². The maximum absolute atomic E-state index is 12.2. The van der Waals surface area contributed by atoms with Crippen LogP contribution in [-0.4, -0.2) is 41.6 Å². The van der Waals surface area contributed by atoms with E-state index in [1.807, 2.05) is 30.5 Å². The first-order valence-corrected chi connectivity index (χ1v) is 7.62. The van der Waals surface area contributed by atoms with Crippen molar-refractivity contribution in [2.45, 2.75) is 25.8 Å². The normalized spacial score (nSPS) is 17.0. The van der Waals surface area contributed by atoms with Gasteiger partial charge in [-0.2, -0.15) is 0 Å². The van der Waals surface area contributed by atoms with Gasteiger partial charge in [0.1, 0.15) is 0 Å². The van der Waals surface area contributed by atoms with Gasteiger partial charge in [-0.1, -0.05) is 13.0 Å². The summed E-state index contributed by atoms with van der Waals surface area (Å²) in [6.45, 7) is 5.40. The summed E-state index contributed by atoms with van der Waals surface area (Å²) < 4.78 is 0. The molecule has 0 radical (unpaired) electrons.